The molecule has 0 bridgehead atoms. The number of ether oxygens (including phenoxy) is 1. The SMILES string of the molecule is COc1ccc(C(C)(C)CC(C)(C)C)cc1C(C)=O. The van der Waals surface area contributed by atoms with Crippen LogP contribution in [-0.2, 0) is 5.41 Å². The number of ketones is 1. The Morgan fingerprint density at radius 3 is 2.16 bits per heavy atom. The highest BCUT2D eigenvalue weighted by Crippen LogP contribution is 2.37. The fourth-order valence-corrected chi connectivity index (χ4v) is 2.83. The first-order chi connectivity index (χ1) is 8.57. The second-order valence-corrected chi connectivity index (χ2v) is 7.09. The maximum absolute atomic E-state index is 11.7. The molecule has 0 heterocycles. The Hall–Kier alpha value is -1.31. The molecule has 0 aromatic heterocycles. The third kappa shape index (κ3) is 4.09. The van der Waals surface area contributed by atoms with Crippen molar-refractivity contribution in [2.75, 3.05) is 7.11 Å². The molecular formula is C17H26O2. The van der Waals surface area contributed by atoms with Crippen LogP contribution in [0.4, 0.5) is 0 Å². The average Bonchev–Trinajstić information content (AvgIpc) is 2.24. The van der Waals surface area contributed by atoms with Gasteiger partial charge in [0.15, 0.2) is 5.78 Å². The van der Waals surface area contributed by atoms with Gasteiger partial charge in [-0.05, 0) is 41.9 Å². The molecule has 0 aliphatic carbocycles. The van der Waals surface area contributed by atoms with E-state index >= 15 is 0 Å². The Balaban J connectivity index is 3.21. The number of methoxy groups -OCH3 is 1. The summed E-state index contributed by atoms with van der Waals surface area (Å²) in [6.45, 7) is 12.8. The lowest BCUT2D eigenvalue weighted by Crippen LogP contribution is -2.25. The molecule has 0 saturated carbocycles. The summed E-state index contributed by atoms with van der Waals surface area (Å²) in [5, 5.41) is 0. The quantitative estimate of drug-likeness (QED) is 0.741. The van der Waals surface area contributed by atoms with Crippen LogP contribution in [0.1, 0.15) is 63.9 Å². The first kappa shape index (κ1) is 15.7. The second-order valence-electron chi connectivity index (χ2n) is 7.09. The highest BCUT2D eigenvalue weighted by Gasteiger charge is 2.28. The lowest BCUT2D eigenvalue weighted by molar-refractivity contribution is 0.101. The van der Waals surface area contributed by atoms with Crippen LogP contribution < -0.4 is 4.74 Å². The van der Waals surface area contributed by atoms with Gasteiger partial charge in [0.1, 0.15) is 5.75 Å². The van der Waals surface area contributed by atoms with Gasteiger partial charge in [-0.3, -0.25) is 4.79 Å². The number of carbonyl (C=O) groups is 1. The maximum atomic E-state index is 11.7. The lowest BCUT2D eigenvalue weighted by atomic mass is 9.72. The molecule has 1 aromatic carbocycles. The standard InChI is InChI=1S/C17H26O2/c1-12(18)14-10-13(8-9-15(14)19-7)17(5,6)11-16(2,3)4/h8-10H,11H2,1-7H3. The Morgan fingerprint density at radius 1 is 1.16 bits per heavy atom. The summed E-state index contributed by atoms with van der Waals surface area (Å²) in [7, 11) is 1.60. The van der Waals surface area contributed by atoms with Gasteiger partial charge >= 0.3 is 0 Å². The molecule has 0 N–H and O–H groups in total. The van der Waals surface area contributed by atoms with Crippen LogP contribution in [0.3, 0.4) is 0 Å². The van der Waals surface area contributed by atoms with E-state index in [0.717, 1.165) is 6.42 Å². The predicted octanol–water partition coefficient (Wildman–Crippen LogP) is 4.61. The Bertz CT molecular complexity index is 465. The minimum Gasteiger partial charge on any atom is -0.496 e. The molecule has 0 aliphatic heterocycles. The van der Waals surface area contributed by atoms with Gasteiger partial charge in [-0.15, -0.1) is 0 Å². The first-order valence-corrected chi connectivity index (χ1v) is 6.76. The molecule has 0 amide bonds. The molecule has 0 atom stereocenters. The Kier molecular flexibility index (Phi) is 4.44. The lowest BCUT2D eigenvalue weighted by Gasteiger charge is -2.33. The Labute approximate surface area is 117 Å². The van der Waals surface area contributed by atoms with E-state index in [0.29, 0.717) is 11.3 Å². The van der Waals surface area contributed by atoms with Crippen LogP contribution in [-0.4, -0.2) is 12.9 Å². The summed E-state index contributed by atoms with van der Waals surface area (Å²) in [5.41, 5.74) is 2.14. The van der Waals surface area contributed by atoms with Crippen molar-refractivity contribution in [2.24, 2.45) is 5.41 Å². The number of hydrogen-bond acceptors (Lipinski definition) is 2. The topological polar surface area (TPSA) is 26.3 Å². The Morgan fingerprint density at radius 2 is 1.74 bits per heavy atom. The second kappa shape index (κ2) is 5.36. The molecule has 2 nitrogen and oxygen atoms in total. The molecular weight excluding hydrogens is 236 g/mol. The van der Waals surface area contributed by atoms with Gasteiger partial charge in [-0.2, -0.15) is 0 Å². The summed E-state index contributed by atoms with van der Waals surface area (Å²) in [4.78, 5) is 11.7. The van der Waals surface area contributed by atoms with Gasteiger partial charge in [-0.25, -0.2) is 0 Å². The molecule has 0 radical (unpaired) electrons. The van der Waals surface area contributed by atoms with E-state index in [-0.39, 0.29) is 16.6 Å². The largest absolute Gasteiger partial charge is 0.496 e. The van der Waals surface area contributed by atoms with Crippen molar-refractivity contribution in [1.29, 1.82) is 0 Å². The van der Waals surface area contributed by atoms with E-state index in [4.69, 9.17) is 4.74 Å². The van der Waals surface area contributed by atoms with Crippen molar-refractivity contribution in [3.05, 3.63) is 29.3 Å². The number of hydrogen-bond donors (Lipinski definition) is 0. The normalized spacial score (nSPS) is 12.4. The van der Waals surface area contributed by atoms with Gasteiger partial charge in [-0.1, -0.05) is 40.7 Å². The van der Waals surface area contributed by atoms with Crippen molar-refractivity contribution >= 4 is 5.78 Å². The molecule has 2 heteroatoms. The predicted molar refractivity (Wildman–Crippen MR) is 80.1 cm³/mol. The minimum atomic E-state index is 0.0364. The number of Topliss-reactive ketones (excluding diaryl/α,β-unsaturated/α-hetero) is 1. The third-order valence-electron chi connectivity index (χ3n) is 3.33. The minimum absolute atomic E-state index is 0.0364. The van der Waals surface area contributed by atoms with Crippen molar-refractivity contribution in [2.45, 2.75) is 53.4 Å². The van der Waals surface area contributed by atoms with Gasteiger partial charge in [0.25, 0.3) is 0 Å². The van der Waals surface area contributed by atoms with Crippen LogP contribution in [0.5, 0.6) is 5.75 Å². The summed E-state index contributed by atoms with van der Waals surface area (Å²) < 4.78 is 5.25. The number of rotatable bonds is 4. The zero-order chi connectivity index (χ0) is 14.8. The monoisotopic (exact) mass is 262 g/mol. The zero-order valence-electron chi connectivity index (χ0n) is 13.3. The average molecular weight is 262 g/mol. The van der Waals surface area contributed by atoms with Crippen molar-refractivity contribution in [1.82, 2.24) is 0 Å². The van der Waals surface area contributed by atoms with Gasteiger partial charge < -0.3 is 4.74 Å². The molecule has 0 aliphatic rings. The summed E-state index contributed by atoms with van der Waals surface area (Å²) in [6, 6.07) is 5.94. The summed E-state index contributed by atoms with van der Waals surface area (Å²) >= 11 is 0. The zero-order valence-corrected chi connectivity index (χ0v) is 13.3. The highest BCUT2D eigenvalue weighted by atomic mass is 16.5. The van der Waals surface area contributed by atoms with Gasteiger partial charge in [0, 0.05) is 0 Å². The van der Waals surface area contributed by atoms with E-state index in [1.54, 1.807) is 14.0 Å². The van der Waals surface area contributed by atoms with Gasteiger partial charge in [0.05, 0.1) is 12.7 Å². The van der Waals surface area contributed by atoms with E-state index in [1.165, 1.54) is 5.56 Å². The maximum Gasteiger partial charge on any atom is 0.163 e. The molecule has 0 fully saturated rings. The molecule has 1 aromatic rings. The molecule has 0 saturated heterocycles. The van der Waals surface area contributed by atoms with Crippen molar-refractivity contribution in [3.8, 4) is 5.75 Å². The van der Waals surface area contributed by atoms with Crippen LogP contribution in [0, 0.1) is 5.41 Å². The van der Waals surface area contributed by atoms with Crippen LogP contribution >= 0.6 is 0 Å². The van der Waals surface area contributed by atoms with E-state index in [2.05, 4.69) is 40.7 Å². The van der Waals surface area contributed by atoms with Gasteiger partial charge in [0.2, 0.25) is 0 Å². The number of benzene rings is 1. The molecule has 19 heavy (non-hydrogen) atoms. The van der Waals surface area contributed by atoms with Crippen LogP contribution in [0.25, 0.3) is 0 Å². The van der Waals surface area contributed by atoms with Crippen LogP contribution in [0.2, 0.25) is 0 Å². The number of carbonyl (C=O) groups excluding carboxylic acids is 1. The van der Waals surface area contributed by atoms with E-state index < -0.39 is 0 Å². The molecule has 1 rings (SSSR count). The van der Waals surface area contributed by atoms with E-state index in [1.807, 2.05) is 12.1 Å². The van der Waals surface area contributed by atoms with Crippen LogP contribution in [0.15, 0.2) is 18.2 Å². The fraction of sp³-hybridized carbons (Fsp3) is 0.588. The smallest absolute Gasteiger partial charge is 0.163 e. The highest BCUT2D eigenvalue weighted by molar-refractivity contribution is 5.97. The first-order valence-electron chi connectivity index (χ1n) is 6.76. The summed E-state index contributed by atoms with van der Waals surface area (Å²) in [6.07, 6.45) is 1.06. The molecule has 0 unspecified atom stereocenters. The molecule has 0 spiro atoms. The summed E-state index contributed by atoms with van der Waals surface area (Å²) in [5.74, 6) is 0.702. The third-order valence-corrected chi connectivity index (χ3v) is 3.33. The molecule has 106 valence electrons. The fourth-order valence-electron chi connectivity index (χ4n) is 2.83. The van der Waals surface area contributed by atoms with Crippen molar-refractivity contribution < 1.29 is 9.53 Å². The van der Waals surface area contributed by atoms with Crippen molar-refractivity contribution in [3.63, 3.8) is 0 Å². The van der Waals surface area contributed by atoms with E-state index in [9.17, 15) is 4.79 Å².